The molecule has 1 unspecified atom stereocenters. The van der Waals surface area contributed by atoms with Crippen LogP contribution in [0.2, 0.25) is 0 Å². The smallest absolute Gasteiger partial charge is 0.191 e. The quantitative estimate of drug-likeness (QED) is 0.542. The molecule has 1 aromatic carbocycles. The van der Waals surface area contributed by atoms with Crippen LogP contribution >= 0.6 is 0 Å². The molecule has 1 aromatic rings. The zero-order valence-corrected chi connectivity index (χ0v) is 15.2. The van der Waals surface area contributed by atoms with E-state index in [-0.39, 0.29) is 6.04 Å². The Morgan fingerprint density at radius 3 is 2.52 bits per heavy atom. The monoisotopic (exact) mass is 320 g/mol. The molecule has 0 amide bonds. The molecule has 0 aromatic heterocycles. The van der Waals surface area contributed by atoms with Gasteiger partial charge in [-0.3, -0.25) is 9.89 Å². The average molecular weight is 320 g/mol. The van der Waals surface area contributed by atoms with Crippen molar-refractivity contribution in [2.24, 2.45) is 4.99 Å². The number of likely N-dealkylation sites (N-methyl/N-ethyl adjacent to an activating group) is 1. The van der Waals surface area contributed by atoms with Crippen molar-refractivity contribution in [3.8, 4) is 5.75 Å². The molecule has 2 N–H and O–H groups in total. The van der Waals surface area contributed by atoms with Gasteiger partial charge in [0.15, 0.2) is 5.96 Å². The topological polar surface area (TPSA) is 48.9 Å². The molecule has 0 fully saturated rings. The zero-order chi connectivity index (χ0) is 17.1. The molecule has 0 heterocycles. The number of ether oxygens (including phenoxy) is 1. The lowest BCUT2D eigenvalue weighted by Crippen LogP contribution is -2.43. The largest absolute Gasteiger partial charge is 0.497 e. The molecular weight excluding hydrogens is 288 g/mol. The summed E-state index contributed by atoms with van der Waals surface area (Å²) in [5.74, 6) is 1.75. The third kappa shape index (κ3) is 6.10. The Morgan fingerprint density at radius 1 is 1.22 bits per heavy atom. The summed E-state index contributed by atoms with van der Waals surface area (Å²) in [6, 6.07) is 8.59. The third-order valence-corrected chi connectivity index (χ3v) is 3.96. The van der Waals surface area contributed by atoms with Gasteiger partial charge in [-0.05, 0) is 37.2 Å². The van der Waals surface area contributed by atoms with E-state index in [1.54, 1.807) is 7.11 Å². The highest BCUT2D eigenvalue weighted by atomic mass is 16.5. The van der Waals surface area contributed by atoms with Gasteiger partial charge < -0.3 is 15.4 Å². The van der Waals surface area contributed by atoms with E-state index in [4.69, 9.17) is 4.74 Å². The molecule has 0 aliphatic rings. The van der Waals surface area contributed by atoms with Gasteiger partial charge in [0.1, 0.15) is 5.75 Å². The molecule has 0 saturated carbocycles. The van der Waals surface area contributed by atoms with Crippen molar-refractivity contribution in [3.63, 3.8) is 0 Å². The maximum Gasteiger partial charge on any atom is 0.191 e. The van der Waals surface area contributed by atoms with Gasteiger partial charge in [0.25, 0.3) is 0 Å². The van der Waals surface area contributed by atoms with Crippen molar-refractivity contribution in [3.05, 3.63) is 29.8 Å². The fraction of sp³-hybridized carbons (Fsp3) is 0.611. The number of rotatable bonds is 9. The number of nitrogens with one attached hydrogen (secondary N) is 2. The van der Waals surface area contributed by atoms with Crippen LogP contribution in [0.4, 0.5) is 0 Å². The average Bonchev–Trinajstić information content (AvgIpc) is 2.61. The standard InChI is InChI=1S/C18H32N4O/c1-6-12-20-18(19-4)21-14-17(22(7-2)8-3)15-10-9-11-16(13-15)23-5/h9-11,13,17H,6-8,12,14H2,1-5H3,(H2,19,20,21). The summed E-state index contributed by atoms with van der Waals surface area (Å²) in [6.45, 7) is 10.3. The third-order valence-electron chi connectivity index (χ3n) is 3.96. The van der Waals surface area contributed by atoms with Crippen LogP contribution < -0.4 is 15.4 Å². The van der Waals surface area contributed by atoms with Crippen LogP contribution in [-0.4, -0.2) is 51.2 Å². The van der Waals surface area contributed by atoms with Crippen LogP contribution in [0.25, 0.3) is 0 Å². The minimum absolute atomic E-state index is 0.278. The van der Waals surface area contributed by atoms with Crippen molar-refractivity contribution in [1.29, 1.82) is 0 Å². The Hall–Kier alpha value is -1.75. The maximum atomic E-state index is 5.38. The molecule has 5 heteroatoms. The first-order valence-corrected chi connectivity index (χ1v) is 8.52. The van der Waals surface area contributed by atoms with Crippen molar-refractivity contribution >= 4 is 5.96 Å². The van der Waals surface area contributed by atoms with Gasteiger partial charge in [0.2, 0.25) is 0 Å². The predicted molar refractivity (Wildman–Crippen MR) is 98.3 cm³/mol. The summed E-state index contributed by atoms with van der Waals surface area (Å²) in [5, 5.41) is 6.76. The fourth-order valence-electron chi connectivity index (χ4n) is 2.63. The number of guanidine groups is 1. The summed E-state index contributed by atoms with van der Waals surface area (Å²) >= 11 is 0. The lowest BCUT2D eigenvalue weighted by Gasteiger charge is -2.31. The van der Waals surface area contributed by atoms with Crippen molar-refractivity contribution < 1.29 is 4.74 Å². The van der Waals surface area contributed by atoms with E-state index in [0.29, 0.717) is 0 Å². The molecule has 5 nitrogen and oxygen atoms in total. The molecule has 130 valence electrons. The second kappa shape index (κ2) is 10.9. The van der Waals surface area contributed by atoms with E-state index < -0.39 is 0 Å². The van der Waals surface area contributed by atoms with Gasteiger partial charge in [-0.2, -0.15) is 0 Å². The van der Waals surface area contributed by atoms with E-state index in [1.165, 1.54) is 5.56 Å². The molecule has 0 aliphatic heterocycles. The second-order valence-electron chi connectivity index (χ2n) is 5.39. The van der Waals surface area contributed by atoms with Crippen LogP contribution in [0.3, 0.4) is 0 Å². The molecule has 1 atom stereocenters. The fourth-order valence-corrected chi connectivity index (χ4v) is 2.63. The Bertz CT molecular complexity index is 472. The first kappa shape index (κ1) is 19.3. The minimum atomic E-state index is 0.278. The number of hydrogen-bond donors (Lipinski definition) is 2. The number of nitrogens with zero attached hydrogens (tertiary/aromatic N) is 2. The van der Waals surface area contributed by atoms with Crippen molar-refractivity contribution in [2.45, 2.75) is 33.2 Å². The van der Waals surface area contributed by atoms with Gasteiger partial charge in [0.05, 0.1) is 13.2 Å². The van der Waals surface area contributed by atoms with Gasteiger partial charge in [-0.25, -0.2) is 0 Å². The molecule has 1 rings (SSSR count). The molecule has 0 radical (unpaired) electrons. The highest BCUT2D eigenvalue weighted by Crippen LogP contribution is 2.23. The van der Waals surface area contributed by atoms with Crippen LogP contribution in [0.15, 0.2) is 29.3 Å². The zero-order valence-electron chi connectivity index (χ0n) is 15.2. The summed E-state index contributed by atoms with van der Waals surface area (Å²) in [7, 11) is 3.52. The van der Waals surface area contributed by atoms with Gasteiger partial charge in [-0.1, -0.05) is 32.9 Å². The normalized spacial score (nSPS) is 13.0. The SMILES string of the molecule is CCCNC(=NC)NCC(c1cccc(OC)c1)N(CC)CC. The van der Waals surface area contributed by atoms with Crippen LogP contribution in [0.5, 0.6) is 5.75 Å². The first-order valence-electron chi connectivity index (χ1n) is 8.52. The van der Waals surface area contributed by atoms with E-state index >= 15 is 0 Å². The maximum absolute atomic E-state index is 5.38. The van der Waals surface area contributed by atoms with E-state index in [0.717, 1.165) is 44.3 Å². The van der Waals surface area contributed by atoms with Gasteiger partial charge >= 0.3 is 0 Å². The predicted octanol–water partition coefficient (Wildman–Crippen LogP) is 2.65. The number of hydrogen-bond acceptors (Lipinski definition) is 3. The minimum Gasteiger partial charge on any atom is -0.497 e. The number of methoxy groups -OCH3 is 1. The second-order valence-corrected chi connectivity index (χ2v) is 5.39. The Morgan fingerprint density at radius 2 is 1.96 bits per heavy atom. The van der Waals surface area contributed by atoms with E-state index in [9.17, 15) is 0 Å². The number of benzene rings is 1. The summed E-state index contributed by atoms with van der Waals surface area (Å²) in [6.07, 6.45) is 1.08. The molecule has 0 spiro atoms. The highest BCUT2D eigenvalue weighted by molar-refractivity contribution is 5.79. The Kier molecular flexibility index (Phi) is 9.14. The number of aliphatic imine (C=N–C) groups is 1. The first-order chi connectivity index (χ1) is 11.2. The lowest BCUT2D eigenvalue weighted by molar-refractivity contribution is 0.218. The molecule has 23 heavy (non-hydrogen) atoms. The van der Waals surface area contributed by atoms with Crippen molar-refractivity contribution in [2.75, 3.05) is 40.3 Å². The molecular formula is C18H32N4O. The Balaban J connectivity index is 2.88. The summed E-state index contributed by atoms with van der Waals surface area (Å²) < 4.78 is 5.38. The van der Waals surface area contributed by atoms with E-state index in [2.05, 4.69) is 59.5 Å². The summed E-state index contributed by atoms with van der Waals surface area (Å²) in [5.41, 5.74) is 1.26. The van der Waals surface area contributed by atoms with Gasteiger partial charge in [-0.15, -0.1) is 0 Å². The highest BCUT2D eigenvalue weighted by Gasteiger charge is 2.18. The molecule has 0 bridgehead atoms. The molecule has 0 saturated heterocycles. The van der Waals surface area contributed by atoms with Crippen LogP contribution in [0.1, 0.15) is 38.8 Å². The van der Waals surface area contributed by atoms with Crippen LogP contribution in [-0.2, 0) is 0 Å². The Labute approximate surface area is 141 Å². The van der Waals surface area contributed by atoms with Crippen molar-refractivity contribution in [1.82, 2.24) is 15.5 Å². The van der Waals surface area contributed by atoms with Gasteiger partial charge in [0, 0.05) is 20.1 Å². The van der Waals surface area contributed by atoms with Crippen LogP contribution in [0, 0.1) is 0 Å². The summed E-state index contributed by atoms with van der Waals surface area (Å²) in [4.78, 5) is 6.73. The van der Waals surface area contributed by atoms with E-state index in [1.807, 2.05) is 13.1 Å². The molecule has 0 aliphatic carbocycles. The lowest BCUT2D eigenvalue weighted by atomic mass is 10.0.